The molecular formula is C16H25FN2O3S. The lowest BCUT2D eigenvalue weighted by molar-refractivity contribution is 0.0732. The van der Waals surface area contributed by atoms with E-state index in [-0.39, 0.29) is 17.8 Å². The van der Waals surface area contributed by atoms with Gasteiger partial charge in [-0.25, -0.2) is 12.8 Å². The highest BCUT2D eigenvalue weighted by Gasteiger charge is 2.42. The molecule has 1 saturated heterocycles. The Labute approximate surface area is 137 Å². The van der Waals surface area contributed by atoms with Gasteiger partial charge in [-0.1, -0.05) is 13.8 Å². The molecule has 0 spiro atoms. The second-order valence-corrected chi connectivity index (χ2v) is 8.98. The Morgan fingerprint density at radius 2 is 2.00 bits per heavy atom. The first-order chi connectivity index (χ1) is 10.8. The Hall–Kier alpha value is -1.05. The summed E-state index contributed by atoms with van der Waals surface area (Å²) in [5.74, 6) is -0.183. The number of hydrogen-bond donors (Lipinski definition) is 1. The van der Waals surface area contributed by atoms with E-state index in [2.05, 4.69) is 10.3 Å². The van der Waals surface area contributed by atoms with Crippen LogP contribution in [-0.2, 0) is 14.6 Å². The van der Waals surface area contributed by atoms with Gasteiger partial charge in [-0.3, -0.25) is 4.98 Å². The van der Waals surface area contributed by atoms with E-state index >= 15 is 0 Å². The van der Waals surface area contributed by atoms with Crippen molar-refractivity contribution in [3.05, 3.63) is 29.8 Å². The number of rotatable bonds is 6. The molecule has 23 heavy (non-hydrogen) atoms. The molecule has 2 rings (SSSR count). The highest BCUT2D eigenvalue weighted by Crippen LogP contribution is 2.30. The zero-order chi connectivity index (χ0) is 17.1. The van der Waals surface area contributed by atoms with E-state index in [1.807, 2.05) is 13.8 Å². The van der Waals surface area contributed by atoms with Gasteiger partial charge in [0.05, 0.1) is 22.7 Å². The predicted molar refractivity (Wildman–Crippen MR) is 87.4 cm³/mol. The summed E-state index contributed by atoms with van der Waals surface area (Å²) in [6, 6.07) is 2.89. The van der Waals surface area contributed by atoms with Crippen LogP contribution in [0.1, 0.15) is 38.4 Å². The number of nitrogens with one attached hydrogen (secondary N) is 1. The zero-order valence-corrected chi connectivity index (χ0v) is 14.7. The molecule has 1 aliphatic heterocycles. The molecule has 5 nitrogen and oxygen atoms in total. The van der Waals surface area contributed by atoms with E-state index in [0.717, 1.165) is 5.69 Å². The standard InChI is InChI=1S/C16H25FN2O3S/c1-12(2)15(14-5-4-13(17)10-18-14)19-11-16(23(3,20)21)6-8-22-9-7-16/h4-5,10,12,15,19H,6-9,11H2,1-3H3/t15-/m1/s1. The van der Waals surface area contributed by atoms with E-state index in [9.17, 15) is 12.8 Å². The van der Waals surface area contributed by atoms with Crippen LogP contribution in [0.3, 0.4) is 0 Å². The monoisotopic (exact) mass is 344 g/mol. The van der Waals surface area contributed by atoms with Crippen LogP contribution in [-0.4, -0.2) is 44.2 Å². The first-order valence-corrected chi connectivity index (χ1v) is 9.76. The minimum atomic E-state index is -3.22. The predicted octanol–water partition coefficient (Wildman–Crippen LogP) is 2.10. The minimum Gasteiger partial charge on any atom is -0.381 e. The lowest BCUT2D eigenvalue weighted by Gasteiger charge is -2.37. The molecule has 130 valence electrons. The van der Waals surface area contributed by atoms with Crippen LogP contribution in [0, 0.1) is 11.7 Å². The van der Waals surface area contributed by atoms with Crippen molar-refractivity contribution in [3.63, 3.8) is 0 Å². The fourth-order valence-corrected chi connectivity index (χ4v) is 4.22. The van der Waals surface area contributed by atoms with Gasteiger partial charge >= 0.3 is 0 Å². The van der Waals surface area contributed by atoms with Crippen molar-refractivity contribution in [2.75, 3.05) is 26.0 Å². The van der Waals surface area contributed by atoms with Crippen molar-refractivity contribution in [2.24, 2.45) is 5.92 Å². The van der Waals surface area contributed by atoms with Crippen LogP contribution < -0.4 is 5.32 Å². The van der Waals surface area contributed by atoms with Crippen molar-refractivity contribution >= 4 is 9.84 Å². The van der Waals surface area contributed by atoms with Crippen LogP contribution in [0.5, 0.6) is 0 Å². The third kappa shape index (κ3) is 4.28. The highest BCUT2D eigenvalue weighted by atomic mass is 32.2. The van der Waals surface area contributed by atoms with Gasteiger partial charge in [-0.05, 0) is 30.9 Å². The average Bonchev–Trinajstić information content (AvgIpc) is 2.49. The molecule has 0 bridgehead atoms. The first-order valence-electron chi connectivity index (χ1n) is 7.87. The second kappa shape index (κ2) is 7.23. The second-order valence-electron chi connectivity index (χ2n) is 6.57. The molecule has 0 saturated carbocycles. The van der Waals surface area contributed by atoms with Gasteiger partial charge in [0.1, 0.15) is 5.82 Å². The van der Waals surface area contributed by atoms with Gasteiger partial charge in [0.25, 0.3) is 0 Å². The fraction of sp³-hybridized carbons (Fsp3) is 0.688. The summed E-state index contributed by atoms with van der Waals surface area (Å²) in [5.41, 5.74) is 0.720. The summed E-state index contributed by atoms with van der Waals surface area (Å²) < 4.78 is 42.2. The van der Waals surface area contributed by atoms with Crippen molar-refractivity contribution in [1.29, 1.82) is 0 Å². The number of nitrogens with zero attached hydrogens (tertiary/aromatic N) is 1. The molecule has 1 N–H and O–H groups in total. The first kappa shape index (κ1) is 18.3. The maximum atomic E-state index is 13.1. The van der Waals surface area contributed by atoms with Crippen LogP contribution in [0.25, 0.3) is 0 Å². The molecule has 7 heteroatoms. The van der Waals surface area contributed by atoms with Crippen LogP contribution in [0.15, 0.2) is 18.3 Å². The van der Waals surface area contributed by atoms with E-state index in [1.54, 1.807) is 6.07 Å². The third-order valence-electron chi connectivity index (χ3n) is 4.57. The maximum Gasteiger partial charge on any atom is 0.154 e. The molecule has 1 aliphatic rings. The quantitative estimate of drug-likeness (QED) is 0.856. The Morgan fingerprint density at radius 1 is 1.35 bits per heavy atom. The molecule has 2 heterocycles. The Balaban J connectivity index is 2.18. The van der Waals surface area contributed by atoms with Crippen molar-refractivity contribution < 1.29 is 17.5 Å². The van der Waals surface area contributed by atoms with Crippen LogP contribution >= 0.6 is 0 Å². The average molecular weight is 344 g/mol. The number of sulfone groups is 1. The largest absolute Gasteiger partial charge is 0.381 e. The summed E-state index contributed by atoms with van der Waals surface area (Å²) in [6.45, 7) is 5.31. The molecule has 1 fully saturated rings. The Morgan fingerprint density at radius 3 is 2.48 bits per heavy atom. The lowest BCUT2D eigenvalue weighted by Crippen LogP contribution is -2.51. The van der Waals surface area contributed by atoms with Gasteiger partial charge in [0.15, 0.2) is 9.84 Å². The molecule has 1 aromatic rings. The number of pyridine rings is 1. The molecule has 0 amide bonds. The van der Waals surface area contributed by atoms with Crippen LogP contribution in [0.2, 0.25) is 0 Å². The molecule has 0 aromatic carbocycles. The summed E-state index contributed by atoms with van der Waals surface area (Å²) in [4.78, 5) is 4.14. The Bertz CT molecular complexity index is 611. The van der Waals surface area contributed by atoms with Gasteiger partial charge in [0.2, 0.25) is 0 Å². The number of ether oxygens (including phenoxy) is 1. The lowest BCUT2D eigenvalue weighted by atomic mass is 9.95. The van der Waals surface area contributed by atoms with E-state index < -0.39 is 14.6 Å². The number of halogens is 1. The summed E-state index contributed by atoms with van der Waals surface area (Å²) in [6.07, 6.45) is 3.45. The highest BCUT2D eigenvalue weighted by molar-refractivity contribution is 7.92. The molecule has 1 atom stereocenters. The van der Waals surface area contributed by atoms with Gasteiger partial charge in [0, 0.05) is 26.0 Å². The third-order valence-corrected chi connectivity index (χ3v) is 6.70. The summed E-state index contributed by atoms with van der Waals surface area (Å²) in [5, 5.41) is 3.35. The molecule has 0 radical (unpaired) electrons. The van der Waals surface area contributed by atoms with E-state index in [1.165, 1.54) is 18.5 Å². The molecular weight excluding hydrogens is 319 g/mol. The molecule has 0 unspecified atom stereocenters. The fourth-order valence-electron chi connectivity index (χ4n) is 2.97. The minimum absolute atomic E-state index is 0.128. The zero-order valence-electron chi connectivity index (χ0n) is 13.9. The normalized spacial score (nSPS) is 19.7. The number of hydrogen-bond acceptors (Lipinski definition) is 5. The summed E-state index contributed by atoms with van der Waals surface area (Å²) in [7, 11) is -3.22. The smallest absolute Gasteiger partial charge is 0.154 e. The summed E-state index contributed by atoms with van der Waals surface area (Å²) >= 11 is 0. The van der Waals surface area contributed by atoms with Crippen molar-refractivity contribution in [2.45, 2.75) is 37.5 Å². The molecule has 0 aliphatic carbocycles. The van der Waals surface area contributed by atoms with Gasteiger partial charge < -0.3 is 10.1 Å². The van der Waals surface area contributed by atoms with Crippen molar-refractivity contribution in [1.82, 2.24) is 10.3 Å². The maximum absolute atomic E-state index is 13.1. The van der Waals surface area contributed by atoms with E-state index in [0.29, 0.717) is 32.6 Å². The molecule has 1 aromatic heterocycles. The number of aromatic nitrogens is 1. The van der Waals surface area contributed by atoms with Crippen molar-refractivity contribution in [3.8, 4) is 0 Å². The SMILES string of the molecule is CC(C)[C@@H](NCC1(S(C)(=O)=O)CCOCC1)c1ccc(F)cn1. The van der Waals surface area contributed by atoms with Gasteiger partial charge in [-0.15, -0.1) is 0 Å². The van der Waals surface area contributed by atoms with Gasteiger partial charge in [-0.2, -0.15) is 0 Å². The van der Waals surface area contributed by atoms with E-state index in [4.69, 9.17) is 4.74 Å². The van der Waals surface area contributed by atoms with Crippen LogP contribution in [0.4, 0.5) is 4.39 Å². The topological polar surface area (TPSA) is 68.3 Å². The Kier molecular flexibility index (Phi) is 5.75.